The van der Waals surface area contributed by atoms with Crippen LogP contribution in [0.5, 0.6) is 5.75 Å². The SMILES string of the molecule is CCC(C)Oc1ccc(C(=O)N(CCNC(C)=O)C(C)C(=O)O)cc1. The first-order chi connectivity index (χ1) is 11.8. The fourth-order valence-electron chi connectivity index (χ4n) is 2.11. The molecule has 7 nitrogen and oxygen atoms in total. The van der Waals surface area contributed by atoms with E-state index in [0.717, 1.165) is 6.42 Å². The van der Waals surface area contributed by atoms with Gasteiger partial charge < -0.3 is 20.1 Å². The third kappa shape index (κ3) is 6.45. The molecule has 0 aliphatic rings. The molecule has 1 aromatic carbocycles. The Balaban J connectivity index is 2.88. The van der Waals surface area contributed by atoms with E-state index in [2.05, 4.69) is 5.32 Å². The number of hydrogen-bond acceptors (Lipinski definition) is 4. The molecule has 0 aromatic heterocycles. The van der Waals surface area contributed by atoms with Crippen molar-refractivity contribution in [1.29, 1.82) is 0 Å². The molecule has 1 rings (SSSR count). The summed E-state index contributed by atoms with van der Waals surface area (Å²) < 4.78 is 5.67. The number of carboxylic acid groups (broad SMARTS) is 1. The standard InChI is InChI=1S/C18H26N2O5/c1-5-12(2)25-16-8-6-15(7-9-16)17(22)20(13(3)18(23)24)11-10-19-14(4)21/h6-9,12-13H,5,10-11H2,1-4H3,(H,19,21)(H,23,24). The quantitative estimate of drug-likeness (QED) is 0.709. The topological polar surface area (TPSA) is 95.9 Å². The Hall–Kier alpha value is -2.57. The molecule has 0 saturated carbocycles. The number of ether oxygens (including phenoxy) is 1. The molecule has 2 N–H and O–H groups in total. The molecule has 0 fully saturated rings. The molecule has 138 valence electrons. The molecule has 0 spiro atoms. The molecular weight excluding hydrogens is 324 g/mol. The normalized spacial score (nSPS) is 12.8. The first-order valence-electron chi connectivity index (χ1n) is 8.31. The van der Waals surface area contributed by atoms with Crippen molar-refractivity contribution in [2.75, 3.05) is 13.1 Å². The van der Waals surface area contributed by atoms with Crippen molar-refractivity contribution in [3.8, 4) is 5.75 Å². The minimum absolute atomic E-state index is 0.0720. The van der Waals surface area contributed by atoms with Gasteiger partial charge in [0.2, 0.25) is 5.91 Å². The number of nitrogens with one attached hydrogen (secondary N) is 1. The van der Waals surface area contributed by atoms with Crippen LogP contribution in [-0.2, 0) is 9.59 Å². The van der Waals surface area contributed by atoms with Gasteiger partial charge in [0.15, 0.2) is 0 Å². The number of carbonyl (C=O) groups excluding carboxylic acids is 2. The molecule has 1 aromatic rings. The lowest BCUT2D eigenvalue weighted by atomic mass is 10.1. The molecule has 0 radical (unpaired) electrons. The zero-order valence-electron chi connectivity index (χ0n) is 15.1. The molecule has 0 aliphatic carbocycles. The number of benzene rings is 1. The van der Waals surface area contributed by atoms with E-state index in [1.807, 2.05) is 13.8 Å². The van der Waals surface area contributed by atoms with Gasteiger partial charge in [-0.2, -0.15) is 0 Å². The van der Waals surface area contributed by atoms with E-state index in [-0.39, 0.29) is 25.1 Å². The second kappa shape index (κ2) is 9.66. The average Bonchev–Trinajstić information content (AvgIpc) is 2.57. The first kappa shape index (κ1) is 20.5. The van der Waals surface area contributed by atoms with E-state index >= 15 is 0 Å². The summed E-state index contributed by atoms with van der Waals surface area (Å²) in [5, 5.41) is 11.8. The third-order valence-electron chi connectivity index (χ3n) is 3.83. The predicted molar refractivity (Wildman–Crippen MR) is 93.6 cm³/mol. The number of rotatable bonds is 9. The van der Waals surface area contributed by atoms with Gasteiger partial charge in [-0.15, -0.1) is 0 Å². The number of carboxylic acids is 1. The molecule has 25 heavy (non-hydrogen) atoms. The van der Waals surface area contributed by atoms with Crippen LogP contribution in [0.3, 0.4) is 0 Å². The lowest BCUT2D eigenvalue weighted by Gasteiger charge is -2.26. The first-order valence-corrected chi connectivity index (χ1v) is 8.31. The Morgan fingerprint density at radius 2 is 1.80 bits per heavy atom. The predicted octanol–water partition coefficient (Wildman–Crippen LogP) is 1.92. The number of amides is 2. The van der Waals surface area contributed by atoms with Crippen LogP contribution in [-0.4, -0.2) is 53.0 Å². The van der Waals surface area contributed by atoms with Crippen molar-refractivity contribution in [3.05, 3.63) is 29.8 Å². The molecule has 0 bridgehead atoms. The van der Waals surface area contributed by atoms with Gasteiger partial charge in [0.05, 0.1) is 6.10 Å². The highest BCUT2D eigenvalue weighted by Gasteiger charge is 2.26. The minimum Gasteiger partial charge on any atom is -0.491 e. The van der Waals surface area contributed by atoms with Crippen LogP contribution in [0.1, 0.15) is 44.5 Å². The summed E-state index contributed by atoms with van der Waals surface area (Å²) in [6.45, 7) is 7.07. The van der Waals surface area contributed by atoms with Crippen LogP contribution in [0.25, 0.3) is 0 Å². The maximum absolute atomic E-state index is 12.7. The van der Waals surface area contributed by atoms with Gasteiger partial charge in [0.25, 0.3) is 5.91 Å². The van der Waals surface area contributed by atoms with Crippen LogP contribution in [0.2, 0.25) is 0 Å². The summed E-state index contributed by atoms with van der Waals surface area (Å²) in [6.07, 6.45) is 0.941. The fourth-order valence-corrected chi connectivity index (χ4v) is 2.11. The number of carbonyl (C=O) groups is 3. The highest BCUT2D eigenvalue weighted by molar-refractivity contribution is 5.96. The minimum atomic E-state index is -1.10. The van der Waals surface area contributed by atoms with Crippen LogP contribution in [0.15, 0.2) is 24.3 Å². The molecule has 2 amide bonds. The van der Waals surface area contributed by atoms with Gasteiger partial charge in [-0.3, -0.25) is 9.59 Å². The number of nitrogens with zero attached hydrogens (tertiary/aromatic N) is 1. The van der Waals surface area contributed by atoms with E-state index in [1.165, 1.54) is 18.7 Å². The van der Waals surface area contributed by atoms with Crippen molar-refractivity contribution < 1.29 is 24.2 Å². The lowest BCUT2D eigenvalue weighted by molar-refractivity contribution is -0.141. The Kier molecular flexibility index (Phi) is 7.91. The zero-order valence-corrected chi connectivity index (χ0v) is 15.1. The summed E-state index contributed by atoms with van der Waals surface area (Å²) in [4.78, 5) is 36.1. The maximum atomic E-state index is 12.7. The fraction of sp³-hybridized carbons (Fsp3) is 0.500. The Labute approximate surface area is 148 Å². The van der Waals surface area contributed by atoms with Crippen LogP contribution < -0.4 is 10.1 Å². The second-order valence-electron chi connectivity index (χ2n) is 5.86. The van der Waals surface area contributed by atoms with Crippen molar-refractivity contribution in [2.45, 2.75) is 46.3 Å². The summed E-state index contributed by atoms with van der Waals surface area (Å²) in [7, 11) is 0. The number of hydrogen-bond donors (Lipinski definition) is 2. The Morgan fingerprint density at radius 1 is 1.20 bits per heavy atom. The smallest absolute Gasteiger partial charge is 0.326 e. The van der Waals surface area contributed by atoms with Gasteiger partial charge in [-0.05, 0) is 44.5 Å². The van der Waals surface area contributed by atoms with Crippen molar-refractivity contribution in [2.24, 2.45) is 0 Å². The van der Waals surface area contributed by atoms with Gasteiger partial charge in [-0.1, -0.05) is 6.92 Å². The molecule has 0 saturated heterocycles. The average molecular weight is 350 g/mol. The highest BCUT2D eigenvalue weighted by Crippen LogP contribution is 2.17. The van der Waals surface area contributed by atoms with E-state index < -0.39 is 17.9 Å². The van der Waals surface area contributed by atoms with Gasteiger partial charge >= 0.3 is 5.97 Å². The van der Waals surface area contributed by atoms with Crippen LogP contribution in [0.4, 0.5) is 0 Å². The maximum Gasteiger partial charge on any atom is 0.326 e. The monoisotopic (exact) mass is 350 g/mol. The molecule has 0 aliphatic heterocycles. The van der Waals surface area contributed by atoms with Crippen LogP contribution in [0, 0.1) is 0 Å². The summed E-state index contributed by atoms with van der Waals surface area (Å²) in [6, 6.07) is 5.60. The van der Waals surface area contributed by atoms with Crippen LogP contribution >= 0.6 is 0 Å². The Morgan fingerprint density at radius 3 is 2.28 bits per heavy atom. The molecule has 0 heterocycles. The van der Waals surface area contributed by atoms with Gasteiger partial charge in [0.1, 0.15) is 11.8 Å². The largest absolute Gasteiger partial charge is 0.491 e. The summed E-state index contributed by atoms with van der Waals surface area (Å²) >= 11 is 0. The zero-order chi connectivity index (χ0) is 19.0. The van der Waals surface area contributed by atoms with Gasteiger partial charge in [0, 0.05) is 25.6 Å². The second-order valence-corrected chi connectivity index (χ2v) is 5.86. The highest BCUT2D eigenvalue weighted by atomic mass is 16.5. The molecular formula is C18H26N2O5. The number of aliphatic carboxylic acids is 1. The summed E-state index contributed by atoms with van der Waals surface area (Å²) in [5.41, 5.74) is 0.368. The third-order valence-corrected chi connectivity index (χ3v) is 3.83. The van der Waals surface area contributed by atoms with E-state index in [0.29, 0.717) is 11.3 Å². The molecule has 2 unspecified atom stereocenters. The van der Waals surface area contributed by atoms with E-state index in [4.69, 9.17) is 4.74 Å². The van der Waals surface area contributed by atoms with Gasteiger partial charge in [-0.25, -0.2) is 4.79 Å². The molecule has 7 heteroatoms. The summed E-state index contributed by atoms with van der Waals surface area (Å²) in [5.74, 6) is -1.09. The van der Waals surface area contributed by atoms with Crippen molar-refractivity contribution in [1.82, 2.24) is 10.2 Å². The lowest BCUT2D eigenvalue weighted by Crippen LogP contribution is -2.46. The van der Waals surface area contributed by atoms with Crippen molar-refractivity contribution in [3.63, 3.8) is 0 Å². The van der Waals surface area contributed by atoms with E-state index in [9.17, 15) is 19.5 Å². The Bertz CT molecular complexity index is 600. The van der Waals surface area contributed by atoms with E-state index in [1.54, 1.807) is 24.3 Å². The van der Waals surface area contributed by atoms with Crippen molar-refractivity contribution >= 4 is 17.8 Å². The molecule has 2 atom stereocenters.